The zero-order chi connectivity index (χ0) is 20.6. The van der Waals surface area contributed by atoms with Crippen LogP contribution in [0.15, 0.2) is 66.7 Å². The quantitative estimate of drug-likeness (QED) is 0.476. The van der Waals surface area contributed by atoms with Gasteiger partial charge in [0.2, 0.25) is 0 Å². The number of benzene rings is 3. The molecule has 150 valence electrons. The number of Topliss-reactive ketones (excluding diaryl/α,β-unsaturated/α-hetero) is 1. The summed E-state index contributed by atoms with van der Waals surface area (Å²) in [7, 11) is 3.26. The number of hydrogen-bond donors (Lipinski definition) is 0. The van der Waals surface area contributed by atoms with Crippen molar-refractivity contribution >= 4 is 5.78 Å². The molecule has 0 aliphatic rings. The van der Waals surface area contributed by atoms with E-state index in [-0.39, 0.29) is 5.78 Å². The third kappa shape index (κ3) is 5.29. The van der Waals surface area contributed by atoms with Gasteiger partial charge in [0.15, 0.2) is 17.3 Å². The first kappa shape index (κ1) is 20.3. The lowest BCUT2D eigenvalue weighted by molar-refractivity contribution is 0.101. The summed E-state index contributed by atoms with van der Waals surface area (Å²) < 4.78 is 22.3. The van der Waals surface area contributed by atoms with Crippen LogP contribution in [-0.4, -0.2) is 20.0 Å². The summed E-state index contributed by atoms with van der Waals surface area (Å²) in [4.78, 5) is 12.1. The van der Waals surface area contributed by atoms with Gasteiger partial charge in [0.1, 0.15) is 24.7 Å². The van der Waals surface area contributed by atoms with Gasteiger partial charge >= 0.3 is 0 Å². The summed E-state index contributed by atoms with van der Waals surface area (Å²) in [6, 6.07) is 20.6. The molecule has 0 heterocycles. The average Bonchev–Trinajstić information content (AvgIpc) is 2.77. The summed E-state index contributed by atoms with van der Waals surface area (Å²) >= 11 is 0. The van der Waals surface area contributed by atoms with Crippen LogP contribution in [0, 0.1) is 0 Å². The molecule has 3 aromatic carbocycles. The maximum Gasteiger partial charge on any atom is 0.172 e. The minimum absolute atomic E-state index is 0.0790. The molecule has 0 N–H and O–H groups in total. The normalized spacial score (nSPS) is 10.3. The fourth-order valence-corrected chi connectivity index (χ4v) is 2.82. The van der Waals surface area contributed by atoms with Crippen LogP contribution in [0.5, 0.6) is 23.0 Å². The third-order valence-electron chi connectivity index (χ3n) is 4.45. The van der Waals surface area contributed by atoms with Crippen molar-refractivity contribution in [3.8, 4) is 23.0 Å². The second-order valence-electron chi connectivity index (χ2n) is 6.46. The van der Waals surface area contributed by atoms with Crippen LogP contribution in [0.1, 0.15) is 28.4 Å². The topological polar surface area (TPSA) is 54.0 Å². The van der Waals surface area contributed by atoms with Crippen LogP contribution in [-0.2, 0) is 13.2 Å². The van der Waals surface area contributed by atoms with Crippen molar-refractivity contribution in [3.63, 3.8) is 0 Å². The zero-order valence-electron chi connectivity index (χ0n) is 16.8. The Labute approximate surface area is 170 Å². The molecule has 5 nitrogen and oxygen atoms in total. The Hall–Kier alpha value is -3.47. The number of carbonyl (C=O) groups excluding carboxylic acids is 1. The fraction of sp³-hybridized carbons (Fsp3) is 0.208. The Morgan fingerprint density at radius 2 is 1.24 bits per heavy atom. The van der Waals surface area contributed by atoms with Crippen molar-refractivity contribution in [1.29, 1.82) is 0 Å². The third-order valence-corrected chi connectivity index (χ3v) is 4.45. The predicted octanol–water partition coefficient (Wildman–Crippen LogP) is 5.06. The molecule has 0 aliphatic carbocycles. The van der Waals surface area contributed by atoms with Gasteiger partial charge in [-0.25, -0.2) is 0 Å². The van der Waals surface area contributed by atoms with E-state index in [9.17, 15) is 4.79 Å². The molecule has 0 spiro atoms. The largest absolute Gasteiger partial charge is 0.497 e. The molecule has 5 heteroatoms. The lowest BCUT2D eigenvalue weighted by Gasteiger charge is -2.16. The van der Waals surface area contributed by atoms with E-state index in [4.69, 9.17) is 18.9 Å². The Balaban J connectivity index is 1.76. The van der Waals surface area contributed by atoms with Gasteiger partial charge in [-0.1, -0.05) is 30.3 Å². The summed E-state index contributed by atoms with van der Waals surface area (Å²) in [6.07, 6.45) is 0. The summed E-state index contributed by atoms with van der Waals surface area (Å²) in [5.41, 5.74) is 2.44. The molecule has 0 fully saturated rings. The first-order valence-electron chi connectivity index (χ1n) is 9.26. The monoisotopic (exact) mass is 392 g/mol. The van der Waals surface area contributed by atoms with Crippen LogP contribution in [0.3, 0.4) is 0 Å². The van der Waals surface area contributed by atoms with Crippen molar-refractivity contribution in [1.82, 2.24) is 0 Å². The maximum atomic E-state index is 12.1. The molecule has 0 aromatic heterocycles. The predicted molar refractivity (Wildman–Crippen MR) is 111 cm³/mol. The molecular formula is C24H24O5. The van der Waals surface area contributed by atoms with Gasteiger partial charge in [0.25, 0.3) is 0 Å². The SMILES string of the molecule is COc1ccc(COc2cccc(C(C)=O)c2OCc2ccc(OC)cc2)cc1. The molecule has 0 bridgehead atoms. The number of ketones is 1. The number of hydrogen-bond acceptors (Lipinski definition) is 5. The smallest absolute Gasteiger partial charge is 0.172 e. The molecule has 0 radical (unpaired) electrons. The van der Waals surface area contributed by atoms with Gasteiger partial charge in [-0.15, -0.1) is 0 Å². The first-order chi connectivity index (χ1) is 14.1. The molecule has 0 saturated carbocycles. The second-order valence-corrected chi connectivity index (χ2v) is 6.46. The van der Waals surface area contributed by atoms with Gasteiger partial charge in [-0.2, -0.15) is 0 Å². The summed E-state index contributed by atoms with van der Waals surface area (Å²) in [6.45, 7) is 2.18. The van der Waals surface area contributed by atoms with Crippen LogP contribution in [0.4, 0.5) is 0 Å². The lowest BCUT2D eigenvalue weighted by atomic mass is 10.1. The van der Waals surface area contributed by atoms with Crippen LogP contribution in [0.25, 0.3) is 0 Å². The Bertz CT molecular complexity index is 946. The number of ether oxygens (including phenoxy) is 4. The number of methoxy groups -OCH3 is 2. The molecule has 0 saturated heterocycles. The van der Waals surface area contributed by atoms with Gasteiger partial charge in [-0.05, 0) is 54.4 Å². The molecular weight excluding hydrogens is 368 g/mol. The fourth-order valence-electron chi connectivity index (χ4n) is 2.82. The molecule has 0 amide bonds. The highest BCUT2D eigenvalue weighted by molar-refractivity contribution is 5.97. The van der Waals surface area contributed by atoms with Crippen molar-refractivity contribution in [2.45, 2.75) is 20.1 Å². The Kier molecular flexibility index (Phi) is 6.74. The molecule has 29 heavy (non-hydrogen) atoms. The zero-order valence-corrected chi connectivity index (χ0v) is 16.8. The minimum Gasteiger partial charge on any atom is -0.497 e. The van der Waals surface area contributed by atoms with E-state index in [0.29, 0.717) is 30.3 Å². The maximum absolute atomic E-state index is 12.1. The van der Waals surface area contributed by atoms with E-state index in [0.717, 1.165) is 22.6 Å². The first-order valence-corrected chi connectivity index (χ1v) is 9.26. The molecule has 0 aliphatic heterocycles. The minimum atomic E-state index is -0.0790. The van der Waals surface area contributed by atoms with Crippen LogP contribution >= 0.6 is 0 Å². The standard InChI is InChI=1S/C24H24O5/c1-17(25)22-5-4-6-23(28-15-18-7-11-20(26-2)12-8-18)24(22)29-16-19-9-13-21(27-3)14-10-19/h4-14H,15-16H2,1-3H3. The highest BCUT2D eigenvalue weighted by Crippen LogP contribution is 2.33. The van der Waals surface area contributed by atoms with Crippen molar-refractivity contribution in [3.05, 3.63) is 83.4 Å². The van der Waals surface area contributed by atoms with Crippen molar-refractivity contribution in [2.75, 3.05) is 14.2 Å². The summed E-state index contributed by atoms with van der Waals surface area (Å²) in [5, 5.41) is 0. The number of rotatable bonds is 9. The highest BCUT2D eigenvalue weighted by Gasteiger charge is 2.15. The van der Waals surface area contributed by atoms with E-state index >= 15 is 0 Å². The van der Waals surface area contributed by atoms with Gasteiger partial charge in [-0.3, -0.25) is 4.79 Å². The van der Waals surface area contributed by atoms with E-state index in [1.165, 1.54) is 6.92 Å². The number of para-hydroxylation sites is 1. The molecule has 0 atom stereocenters. The van der Waals surface area contributed by atoms with E-state index < -0.39 is 0 Å². The van der Waals surface area contributed by atoms with Crippen LogP contribution < -0.4 is 18.9 Å². The average molecular weight is 392 g/mol. The lowest BCUT2D eigenvalue weighted by Crippen LogP contribution is -2.05. The Morgan fingerprint density at radius 3 is 1.72 bits per heavy atom. The number of carbonyl (C=O) groups is 1. The van der Waals surface area contributed by atoms with E-state index in [1.54, 1.807) is 32.4 Å². The second kappa shape index (κ2) is 9.64. The summed E-state index contributed by atoms with van der Waals surface area (Å²) in [5.74, 6) is 2.47. The van der Waals surface area contributed by atoms with E-state index in [1.807, 2.05) is 48.5 Å². The highest BCUT2D eigenvalue weighted by atomic mass is 16.5. The van der Waals surface area contributed by atoms with Crippen LogP contribution in [0.2, 0.25) is 0 Å². The van der Waals surface area contributed by atoms with Crippen molar-refractivity contribution in [2.24, 2.45) is 0 Å². The van der Waals surface area contributed by atoms with Crippen molar-refractivity contribution < 1.29 is 23.7 Å². The van der Waals surface area contributed by atoms with Gasteiger partial charge in [0.05, 0.1) is 19.8 Å². The van der Waals surface area contributed by atoms with Gasteiger partial charge in [0, 0.05) is 0 Å². The Morgan fingerprint density at radius 1 is 0.724 bits per heavy atom. The molecule has 3 aromatic rings. The molecule has 0 unspecified atom stereocenters. The van der Waals surface area contributed by atoms with Gasteiger partial charge < -0.3 is 18.9 Å². The van der Waals surface area contributed by atoms with E-state index in [2.05, 4.69) is 0 Å². The molecule has 3 rings (SSSR count).